The maximum atomic E-state index is 11.9. The van der Waals surface area contributed by atoms with Gasteiger partial charge in [-0.1, -0.05) is 5.16 Å². The van der Waals surface area contributed by atoms with Crippen molar-refractivity contribution in [2.75, 3.05) is 33.4 Å². The van der Waals surface area contributed by atoms with Gasteiger partial charge >= 0.3 is 0 Å². The minimum atomic E-state index is -0.200. The van der Waals surface area contributed by atoms with E-state index in [1.54, 1.807) is 11.9 Å². The third kappa shape index (κ3) is 2.37. The van der Waals surface area contributed by atoms with Crippen molar-refractivity contribution >= 4 is 5.91 Å². The predicted octanol–water partition coefficient (Wildman–Crippen LogP) is -0.739. The first-order valence-corrected chi connectivity index (χ1v) is 5.15. The topological polar surface area (TPSA) is 80.5 Å². The van der Waals surface area contributed by atoms with Gasteiger partial charge in [-0.25, -0.2) is 0 Å². The van der Waals surface area contributed by atoms with E-state index in [9.17, 15) is 4.79 Å². The smallest absolute Gasteiger partial charge is 0.295 e. The molecule has 1 aliphatic heterocycles. The van der Waals surface area contributed by atoms with Crippen LogP contribution in [0.2, 0.25) is 0 Å². The second kappa shape index (κ2) is 5.04. The summed E-state index contributed by atoms with van der Waals surface area (Å²) in [7, 11) is 1.77. The van der Waals surface area contributed by atoms with E-state index in [4.69, 9.17) is 9.26 Å². The highest BCUT2D eigenvalue weighted by atomic mass is 16.5. The van der Waals surface area contributed by atoms with Gasteiger partial charge in [-0.2, -0.15) is 4.98 Å². The lowest BCUT2D eigenvalue weighted by molar-refractivity contribution is 0.0293. The highest BCUT2D eigenvalue weighted by Gasteiger charge is 2.22. The van der Waals surface area contributed by atoms with Crippen LogP contribution in [0.25, 0.3) is 0 Å². The normalized spacial score (nSPS) is 16.4. The molecule has 1 fully saturated rings. The molecule has 1 aliphatic rings. The van der Waals surface area contributed by atoms with E-state index < -0.39 is 0 Å². The highest BCUT2D eigenvalue weighted by Crippen LogP contribution is 2.04. The van der Waals surface area contributed by atoms with Gasteiger partial charge in [-0.05, 0) is 7.05 Å². The molecule has 1 aromatic rings. The van der Waals surface area contributed by atoms with Gasteiger partial charge in [-0.15, -0.1) is 0 Å². The fraction of sp³-hybridized carbons (Fsp3) is 0.667. The Kier molecular flexibility index (Phi) is 3.47. The summed E-state index contributed by atoms with van der Waals surface area (Å²) in [5, 5.41) is 6.53. The Labute approximate surface area is 92.7 Å². The molecule has 0 unspecified atom stereocenters. The van der Waals surface area contributed by atoms with Crippen LogP contribution >= 0.6 is 0 Å². The van der Waals surface area contributed by atoms with Crippen LogP contribution < -0.4 is 5.32 Å². The van der Waals surface area contributed by atoms with Crippen LogP contribution in [0, 0.1) is 0 Å². The van der Waals surface area contributed by atoms with Crippen molar-refractivity contribution in [1.29, 1.82) is 0 Å². The van der Waals surface area contributed by atoms with E-state index in [1.165, 1.54) is 0 Å². The molecule has 7 heteroatoms. The summed E-state index contributed by atoms with van der Waals surface area (Å²) in [4.78, 5) is 17.5. The molecule has 0 saturated carbocycles. The Hall–Kier alpha value is -1.47. The van der Waals surface area contributed by atoms with Crippen LogP contribution in [0.5, 0.6) is 0 Å². The first-order chi connectivity index (χ1) is 7.81. The molecule has 0 atom stereocenters. The van der Waals surface area contributed by atoms with Gasteiger partial charge in [0.05, 0.1) is 19.8 Å². The number of amides is 1. The third-order valence-corrected chi connectivity index (χ3v) is 2.29. The summed E-state index contributed by atoms with van der Waals surface area (Å²) in [6, 6.07) is 0. The molecule has 0 spiro atoms. The summed E-state index contributed by atoms with van der Waals surface area (Å²) < 4.78 is 10.1. The third-order valence-electron chi connectivity index (χ3n) is 2.29. The first kappa shape index (κ1) is 11.0. The molecule has 2 rings (SSSR count). The van der Waals surface area contributed by atoms with Crippen LogP contribution in [0.1, 0.15) is 16.5 Å². The zero-order valence-electron chi connectivity index (χ0n) is 9.10. The summed E-state index contributed by atoms with van der Waals surface area (Å²) >= 11 is 0. The van der Waals surface area contributed by atoms with Gasteiger partial charge in [0, 0.05) is 13.1 Å². The average molecular weight is 226 g/mol. The van der Waals surface area contributed by atoms with Crippen molar-refractivity contribution in [3.8, 4) is 0 Å². The molecule has 1 N–H and O–H groups in total. The Bertz CT molecular complexity index is 359. The first-order valence-electron chi connectivity index (χ1n) is 5.15. The maximum absolute atomic E-state index is 11.9. The molecule has 7 nitrogen and oxygen atoms in total. The van der Waals surface area contributed by atoms with Crippen molar-refractivity contribution < 1.29 is 14.1 Å². The van der Waals surface area contributed by atoms with E-state index in [-0.39, 0.29) is 11.7 Å². The van der Waals surface area contributed by atoms with E-state index in [0.717, 1.165) is 0 Å². The largest absolute Gasteiger partial charge is 0.378 e. The predicted molar refractivity (Wildman–Crippen MR) is 53.8 cm³/mol. The lowest BCUT2D eigenvalue weighted by atomic mass is 10.4. The Morgan fingerprint density at radius 1 is 1.50 bits per heavy atom. The summed E-state index contributed by atoms with van der Waals surface area (Å²) in [6.45, 7) is 2.74. The Balaban J connectivity index is 2.01. The molecule has 2 heterocycles. The van der Waals surface area contributed by atoms with Crippen LogP contribution in [0.4, 0.5) is 0 Å². The van der Waals surface area contributed by atoms with Gasteiger partial charge in [0.2, 0.25) is 5.89 Å². The highest BCUT2D eigenvalue weighted by molar-refractivity contribution is 5.90. The zero-order valence-corrected chi connectivity index (χ0v) is 9.10. The second-order valence-corrected chi connectivity index (χ2v) is 3.45. The number of nitrogens with zero attached hydrogens (tertiary/aromatic N) is 3. The number of hydrogen-bond acceptors (Lipinski definition) is 6. The average Bonchev–Trinajstić information content (AvgIpc) is 2.78. The molecule has 88 valence electrons. The second-order valence-electron chi connectivity index (χ2n) is 3.45. The van der Waals surface area contributed by atoms with E-state index >= 15 is 0 Å². The molecule has 0 aliphatic carbocycles. The lowest BCUT2D eigenvalue weighted by Gasteiger charge is -2.25. The van der Waals surface area contributed by atoms with Crippen LogP contribution in [0.15, 0.2) is 4.52 Å². The van der Waals surface area contributed by atoms with Gasteiger partial charge in [-0.3, -0.25) is 4.79 Å². The Morgan fingerprint density at radius 3 is 2.94 bits per heavy atom. The minimum Gasteiger partial charge on any atom is -0.378 e. The van der Waals surface area contributed by atoms with Crippen LogP contribution in [0.3, 0.4) is 0 Å². The van der Waals surface area contributed by atoms with Crippen molar-refractivity contribution in [2.24, 2.45) is 0 Å². The van der Waals surface area contributed by atoms with Gasteiger partial charge in [0.1, 0.15) is 0 Å². The number of hydrogen-bond donors (Lipinski definition) is 1. The monoisotopic (exact) mass is 226 g/mol. The van der Waals surface area contributed by atoms with E-state index in [0.29, 0.717) is 38.7 Å². The molecule has 0 radical (unpaired) electrons. The molecule has 0 aromatic carbocycles. The number of carbonyl (C=O) groups excluding carboxylic acids is 1. The van der Waals surface area contributed by atoms with Gasteiger partial charge in [0.25, 0.3) is 11.7 Å². The van der Waals surface area contributed by atoms with E-state index in [2.05, 4.69) is 15.5 Å². The molecular weight excluding hydrogens is 212 g/mol. The number of aromatic nitrogens is 2. The standard InChI is InChI=1S/C9H14N4O3/c1-10-6-7-11-8(12-16-7)9(14)13-2-4-15-5-3-13/h10H,2-6H2,1H3. The Morgan fingerprint density at radius 2 is 2.25 bits per heavy atom. The zero-order chi connectivity index (χ0) is 11.4. The molecule has 1 amide bonds. The number of rotatable bonds is 3. The number of ether oxygens (including phenoxy) is 1. The molecule has 16 heavy (non-hydrogen) atoms. The summed E-state index contributed by atoms with van der Waals surface area (Å²) in [6.07, 6.45) is 0. The van der Waals surface area contributed by atoms with Crippen molar-refractivity contribution in [3.63, 3.8) is 0 Å². The van der Waals surface area contributed by atoms with Gasteiger partial charge < -0.3 is 19.5 Å². The molecular formula is C9H14N4O3. The fourth-order valence-corrected chi connectivity index (χ4v) is 1.47. The summed E-state index contributed by atoms with van der Waals surface area (Å²) in [5.41, 5.74) is 0. The minimum absolute atomic E-state index is 0.118. The molecule has 1 aromatic heterocycles. The number of carbonyl (C=O) groups is 1. The SMILES string of the molecule is CNCc1nc(C(=O)N2CCOCC2)no1. The van der Waals surface area contributed by atoms with Gasteiger partial charge in [0.15, 0.2) is 0 Å². The maximum Gasteiger partial charge on any atom is 0.295 e. The van der Waals surface area contributed by atoms with Crippen LogP contribution in [-0.2, 0) is 11.3 Å². The van der Waals surface area contributed by atoms with Crippen molar-refractivity contribution in [3.05, 3.63) is 11.7 Å². The fourth-order valence-electron chi connectivity index (χ4n) is 1.47. The number of nitrogens with one attached hydrogen (secondary N) is 1. The quantitative estimate of drug-likeness (QED) is 0.731. The van der Waals surface area contributed by atoms with Crippen molar-refractivity contribution in [2.45, 2.75) is 6.54 Å². The van der Waals surface area contributed by atoms with Crippen LogP contribution in [-0.4, -0.2) is 54.3 Å². The molecule has 0 bridgehead atoms. The van der Waals surface area contributed by atoms with Crippen molar-refractivity contribution in [1.82, 2.24) is 20.4 Å². The molecule has 1 saturated heterocycles. The number of morpholine rings is 1. The lowest BCUT2D eigenvalue weighted by Crippen LogP contribution is -2.41. The summed E-state index contributed by atoms with van der Waals surface area (Å²) in [5.74, 6) is 0.334. The van der Waals surface area contributed by atoms with E-state index in [1.807, 2.05) is 0 Å².